The molecule has 0 radical (unpaired) electrons. The Hall–Kier alpha value is -3.39. The fourth-order valence-corrected chi connectivity index (χ4v) is 6.35. The fraction of sp³-hybridized carbons (Fsp3) is 0.483. The Morgan fingerprint density at radius 1 is 1.14 bits per heavy atom. The molecule has 6 rings (SSSR count). The number of fused-ring (bicyclic) bond motifs is 2. The van der Waals surface area contributed by atoms with Crippen LogP contribution in [0.5, 0.6) is 0 Å². The second kappa shape index (κ2) is 9.82. The first-order valence-corrected chi connectivity index (χ1v) is 13.4. The van der Waals surface area contributed by atoms with E-state index in [2.05, 4.69) is 35.1 Å². The highest BCUT2D eigenvalue weighted by Gasteiger charge is 2.34. The molecule has 0 saturated carbocycles. The molecule has 194 valence electrons. The predicted octanol–water partition coefficient (Wildman–Crippen LogP) is 5.05. The molecule has 5 heterocycles. The number of pyridine rings is 1. The summed E-state index contributed by atoms with van der Waals surface area (Å²) in [5, 5.41) is 11.0. The fourth-order valence-electron chi connectivity index (χ4n) is 6.35. The van der Waals surface area contributed by atoms with Crippen LogP contribution in [0.3, 0.4) is 0 Å². The Morgan fingerprint density at radius 3 is 2.78 bits per heavy atom. The highest BCUT2D eigenvalue weighted by Crippen LogP contribution is 2.40. The maximum atomic E-state index is 13.3. The molecule has 2 saturated heterocycles. The summed E-state index contributed by atoms with van der Waals surface area (Å²) in [4.78, 5) is 36.7. The molecule has 0 spiro atoms. The summed E-state index contributed by atoms with van der Waals surface area (Å²) in [5.41, 5.74) is 7.46. The number of hydrogen-bond donors (Lipinski definition) is 2. The Kier molecular flexibility index (Phi) is 6.36. The van der Waals surface area contributed by atoms with E-state index in [1.807, 2.05) is 17.3 Å². The normalized spacial score (nSPS) is 20.4. The highest BCUT2D eigenvalue weighted by atomic mass is 16.5. The molecular weight excluding hydrogens is 468 g/mol. The van der Waals surface area contributed by atoms with Crippen LogP contribution in [0.4, 0.5) is 4.79 Å². The number of aromatic amines is 1. The van der Waals surface area contributed by atoms with Gasteiger partial charge in [-0.15, -0.1) is 0 Å². The molecule has 2 N–H and O–H groups in total. The molecule has 3 aliphatic rings. The van der Waals surface area contributed by atoms with E-state index in [0.717, 1.165) is 84.2 Å². The summed E-state index contributed by atoms with van der Waals surface area (Å²) in [6.07, 6.45) is 7.89. The van der Waals surface area contributed by atoms with Crippen LogP contribution in [0.25, 0.3) is 22.2 Å². The van der Waals surface area contributed by atoms with Crippen molar-refractivity contribution in [3.63, 3.8) is 0 Å². The lowest BCUT2D eigenvalue weighted by Crippen LogP contribution is -2.38. The zero-order valence-corrected chi connectivity index (χ0v) is 21.3. The number of amides is 2. The number of H-pyrrole nitrogens is 1. The van der Waals surface area contributed by atoms with Crippen LogP contribution < -0.4 is 0 Å². The van der Waals surface area contributed by atoms with Crippen molar-refractivity contribution in [2.75, 3.05) is 26.3 Å². The van der Waals surface area contributed by atoms with E-state index < -0.39 is 6.09 Å². The Morgan fingerprint density at radius 2 is 1.97 bits per heavy atom. The van der Waals surface area contributed by atoms with E-state index in [0.29, 0.717) is 32.0 Å². The van der Waals surface area contributed by atoms with Gasteiger partial charge in [0.25, 0.3) is 0 Å². The average molecular weight is 503 g/mol. The van der Waals surface area contributed by atoms with Crippen LogP contribution >= 0.6 is 0 Å². The molecule has 0 bridgehead atoms. The minimum Gasteiger partial charge on any atom is -0.465 e. The average Bonchev–Trinajstić information content (AvgIpc) is 3.55. The molecule has 0 aliphatic carbocycles. The molecular formula is C29H34N4O4. The van der Waals surface area contributed by atoms with Crippen LogP contribution in [0.15, 0.2) is 30.6 Å². The summed E-state index contributed by atoms with van der Waals surface area (Å²) in [5.74, 6) is 0.609. The summed E-state index contributed by atoms with van der Waals surface area (Å²) >= 11 is 0. The van der Waals surface area contributed by atoms with Gasteiger partial charge in [-0.05, 0) is 91.0 Å². The van der Waals surface area contributed by atoms with E-state index >= 15 is 0 Å². The SMILES string of the molecule is Cc1c[nH]c2ncc(-c3cc4c(c(C5CCCN5C(=O)O)c3)CCN(C(=O)CC3CCOCC3)C4)cc12. The summed E-state index contributed by atoms with van der Waals surface area (Å²) in [7, 11) is 0. The number of rotatable bonds is 4. The molecule has 2 fully saturated rings. The van der Waals surface area contributed by atoms with Crippen LogP contribution in [0.1, 0.15) is 60.4 Å². The van der Waals surface area contributed by atoms with Crippen LogP contribution in [-0.4, -0.2) is 63.2 Å². The molecule has 1 aromatic carbocycles. The second-order valence-corrected chi connectivity index (χ2v) is 10.8. The number of ether oxygens (including phenoxy) is 1. The number of aryl methyl sites for hydroxylation is 1. The lowest BCUT2D eigenvalue weighted by molar-refractivity contribution is -0.133. The number of hydrogen-bond acceptors (Lipinski definition) is 4. The topological polar surface area (TPSA) is 98.8 Å². The van der Waals surface area contributed by atoms with Gasteiger partial charge in [0.2, 0.25) is 5.91 Å². The van der Waals surface area contributed by atoms with Crippen molar-refractivity contribution in [1.82, 2.24) is 19.8 Å². The predicted molar refractivity (Wildman–Crippen MR) is 140 cm³/mol. The van der Waals surface area contributed by atoms with Crippen molar-refractivity contribution in [3.05, 3.63) is 52.8 Å². The standard InChI is InChI=1S/C29H34N4O4/c1-18-15-30-28-24(18)14-21(16-31-28)20-12-22-17-32(27(34)11-19-5-9-37-10-6-19)8-4-23(22)25(13-20)26-3-2-7-33(26)29(35)36/h12-16,19,26H,2-11,17H2,1H3,(H,30,31)(H,35,36). The third-order valence-corrected chi connectivity index (χ3v) is 8.46. The van der Waals surface area contributed by atoms with Gasteiger partial charge >= 0.3 is 6.09 Å². The van der Waals surface area contributed by atoms with Gasteiger partial charge in [-0.2, -0.15) is 0 Å². The van der Waals surface area contributed by atoms with Crippen molar-refractivity contribution in [2.45, 2.75) is 58.0 Å². The lowest BCUT2D eigenvalue weighted by atomic mass is 9.86. The zero-order valence-electron chi connectivity index (χ0n) is 21.3. The zero-order chi connectivity index (χ0) is 25.5. The summed E-state index contributed by atoms with van der Waals surface area (Å²) < 4.78 is 5.47. The monoisotopic (exact) mass is 502 g/mol. The molecule has 8 heteroatoms. The molecule has 1 atom stereocenters. The number of likely N-dealkylation sites (tertiary alicyclic amines) is 1. The van der Waals surface area contributed by atoms with Gasteiger partial charge in [-0.3, -0.25) is 4.79 Å². The summed E-state index contributed by atoms with van der Waals surface area (Å²) in [6.45, 7) is 5.36. The molecule has 8 nitrogen and oxygen atoms in total. The van der Waals surface area contributed by atoms with Crippen molar-refractivity contribution >= 4 is 23.0 Å². The number of nitrogens with zero attached hydrogens (tertiary/aromatic N) is 3. The van der Waals surface area contributed by atoms with Crippen LogP contribution in [0, 0.1) is 12.8 Å². The van der Waals surface area contributed by atoms with Crippen LogP contribution in [0.2, 0.25) is 0 Å². The summed E-state index contributed by atoms with van der Waals surface area (Å²) in [6, 6.07) is 6.37. The number of aromatic nitrogens is 2. The third-order valence-electron chi connectivity index (χ3n) is 8.46. The second-order valence-electron chi connectivity index (χ2n) is 10.8. The lowest BCUT2D eigenvalue weighted by Gasteiger charge is -2.34. The van der Waals surface area contributed by atoms with Gasteiger partial charge in [0, 0.05) is 62.6 Å². The quantitative estimate of drug-likeness (QED) is 0.520. The number of carbonyl (C=O) groups excluding carboxylic acids is 1. The van der Waals surface area contributed by atoms with Gasteiger partial charge in [-0.25, -0.2) is 9.78 Å². The molecule has 1 unspecified atom stereocenters. The Bertz CT molecular complexity index is 1340. The highest BCUT2D eigenvalue weighted by molar-refractivity contribution is 5.85. The van der Waals surface area contributed by atoms with E-state index in [9.17, 15) is 14.7 Å². The van der Waals surface area contributed by atoms with Crippen molar-refractivity contribution < 1.29 is 19.4 Å². The van der Waals surface area contributed by atoms with Crippen LogP contribution in [-0.2, 0) is 22.5 Å². The first kappa shape index (κ1) is 24.0. The van der Waals surface area contributed by atoms with Crippen molar-refractivity contribution in [1.29, 1.82) is 0 Å². The Balaban J connectivity index is 1.37. The molecule has 3 aliphatic heterocycles. The maximum Gasteiger partial charge on any atom is 0.407 e. The van der Waals surface area contributed by atoms with E-state index in [4.69, 9.17) is 4.74 Å². The first-order valence-electron chi connectivity index (χ1n) is 13.4. The van der Waals surface area contributed by atoms with Gasteiger partial charge in [-0.1, -0.05) is 0 Å². The van der Waals surface area contributed by atoms with Crippen molar-refractivity contribution in [3.8, 4) is 11.1 Å². The first-order chi connectivity index (χ1) is 18.0. The molecule has 37 heavy (non-hydrogen) atoms. The van der Waals surface area contributed by atoms with E-state index in [1.165, 1.54) is 5.56 Å². The molecule has 3 aromatic rings. The van der Waals surface area contributed by atoms with E-state index in [-0.39, 0.29) is 11.9 Å². The van der Waals surface area contributed by atoms with E-state index in [1.54, 1.807) is 4.90 Å². The number of benzene rings is 1. The minimum atomic E-state index is -0.864. The minimum absolute atomic E-state index is 0.152. The van der Waals surface area contributed by atoms with Gasteiger partial charge in [0.05, 0.1) is 6.04 Å². The van der Waals surface area contributed by atoms with Gasteiger partial charge in [0.15, 0.2) is 0 Å². The van der Waals surface area contributed by atoms with Gasteiger partial charge in [0.1, 0.15) is 5.65 Å². The number of nitrogens with one attached hydrogen (secondary N) is 1. The molecule has 2 amide bonds. The maximum absolute atomic E-state index is 13.3. The largest absolute Gasteiger partial charge is 0.465 e. The van der Waals surface area contributed by atoms with Crippen molar-refractivity contribution in [2.24, 2.45) is 5.92 Å². The Labute approximate surface area is 216 Å². The number of carboxylic acid groups (broad SMARTS) is 1. The number of carbonyl (C=O) groups is 2. The smallest absolute Gasteiger partial charge is 0.407 e. The van der Waals surface area contributed by atoms with Gasteiger partial charge < -0.3 is 24.6 Å². The third kappa shape index (κ3) is 4.59. The molecule has 2 aromatic heterocycles.